The van der Waals surface area contributed by atoms with Gasteiger partial charge in [0.2, 0.25) is 0 Å². The van der Waals surface area contributed by atoms with Crippen molar-refractivity contribution in [3.8, 4) is 0 Å². The molecule has 0 aliphatic heterocycles. The Morgan fingerprint density at radius 2 is 2.08 bits per heavy atom. The molecular weight excluding hydrogens is 168 g/mol. The van der Waals surface area contributed by atoms with Gasteiger partial charge < -0.3 is 9.53 Å². The predicted molar refractivity (Wildman–Crippen MR) is 50.1 cm³/mol. The first-order chi connectivity index (χ1) is 6.11. The average molecular weight is 182 g/mol. The summed E-state index contributed by atoms with van der Waals surface area (Å²) in [6.07, 6.45) is 5.83. The molecule has 72 valence electrons. The molecule has 0 amide bonds. The fourth-order valence-corrected chi connectivity index (χ4v) is 0.650. The lowest BCUT2D eigenvalue weighted by atomic mass is 10.2. The molecule has 0 unspecified atom stereocenters. The molecule has 13 heavy (non-hydrogen) atoms. The molecule has 0 spiro atoms. The normalized spacial score (nSPS) is 14.2. The Bertz CT molecular complexity index is 239. The Morgan fingerprint density at radius 3 is 2.54 bits per heavy atom. The first kappa shape index (κ1) is 11.6. The van der Waals surface area contributed by atoms with Crippen molar-refractivity contribution in [2.45, 2.75) is 13.8 Å². The van der Waals surface area contributed by atoms with Crippen LogP contribution in [0.5, 0.6) is 0 Å². The average Bonchev–Trinajstić information content (AvgIpc) is 2.15. The van der Waals surface area contributed by atoms with Crippen molar-refractivity contribution < 1.29 is 14.3 Å². The van der Waals surface area contributed by atoms with Gasteiger partial charge in [-0.1, -0.05) is 25.2 Å². The van der Waals surface area contributed by atoms with E-state index < -0.39 is 0 Å². The summed E-state index contributed by atoms with van der Waals surface area (Å²) >= 11 is 0. The Morgan fingerprint density at radius 1 is 1.46 bits per heavy atom. The van der Waals surface area contributed by atoms with Gasteiger partial charge in [0.15, 0.2) is 0 Å². The van der Waals surface area contributed by atoms with E-state index in [0.29, 0.717) is 5.57 Å². The zero-order chi connectivity index (χ0) is 10.3. The molecule has 0 bridgehead atoms. The second-order valence-electron chi connectivity index (χ2n) is 2.72. The summed E-state index contributed by atoms with van der Waals surface area (Å²) in [5.74, 6) is -0.481. The molecule has 0 saturated carbocycles. The zero-order valence-electron chi connectivity index (χ0n) is 8.11. The van der Waals surface area contributed by atoms with Crippen LogP contribution < -0.4 is 0 Å². The van der Waals surface area contributed by atoms with E-state index in [1.807, 2.05) is 0 Å². The summed E-state index contributed by atoms with van der Waals surface area (Å²) in [6, 6.07) is 0. The van der Waals surface area contributed by atoms with Crippen LogP contribution in [0.2, 0.25) is 0 Å². The highest BCUT2D eigenvalue weighted by molar-refractivity contribution is 5.87. The number of carbonyl (C=O) groups is 2. The molecule has 1 atom stereocenters. The van der Waals surface area contributed by atoms with E-state index in [-0.39, 0.29) is 11.9 Å². The van der Waals surface area contributed by atoms with Crippen molar-refractivity contribution in [3.63, 3.8) is 0 Å². The molecule has 0 N–H and O–H groups in total. The third-order valence-corrected chi connectivity index (χ3v) is 1.48. The number of rotatable bonds is 4. The van der Waals surface area contributed by atoms with Crippen LogP contribution in [0.3, 0.4) is 0 Å². The molecule has 3 heteroatoms. The molecular formula is C10H14O3. The van der Waals surface area contributed by atoms with Crippen LogP contribution in [-0.2, 0) is 14.3 Å². The topological polar surface area (TPSA) is 43.4 Å². The molecule has 3 nitrogen and oxygen atoms in total. The van der Waals surface area contributed by atoms with Gasteiger partial charge >= 0.3 is 5.97 Å². The van der Waals surface area contributed by atoms with Crippen LogP contribution in [0.1, 0.15) is 13.8 Å². The molecule has 0 rings (SSSR count). The third-order valence-electron chi connectivity index (χ3n) is 1.48. The Balaban J connectivity index is 4.18. The van der Waals surface area contributed by atoms with Gasteiger partial charge in [0.05, 0.1) is 7.11 Å². The van der Waals surface area contributed by atoms with E-state index in [0.717, 1.165) is 6.29 Å². The Kier molecular flexibility index (Phi) is 5.52. The van der Waals surface area contributed by atoms with E-state index in [1.54, 1.807) is 32.1 Å². The SMILES string of the molecule is COC(=O)/C(C)=C/C=C\[C@H](C)C=O. The minimum atomic E-state index is -0.358. The number of aldehydes is 1. The van der Waals surface area contributed by atoms with Crippen LogP contribution in [0.4, 0.5) is 0 Å². The molecule has 0 heterocycles. The highest BCUT2D eigenvalue weighted by Crippen LogP contribution is 1.98. The number of methoxy groups -OCH3 is 1. The van der Waals surface area contributed by atoms with Gasteiger partial charge in [-0.15, -0.1) is 0 Å². The van der Waals surface area contributed by atoms with Crippen molar-refractivity contribution in [1.82, 2.24) is 0 Å². The standard InChI is InChI=1S/C10H14O3/c1-8(7-11)5-4-6-9(2)10(12)13-3/h4-8H,1-3H3/b5-4-,9-6+/t8-/m0/s1. The number of hydrogen-bond acceptors (Lipinski definition) is 3. The smallest absolute Gasteiger partial charge is 0.333 e. The summed E-state index contributed by atoms with van der Waals surface area (Å²) < 4.78 is 4.49. The maximum atomic E-state index is 10.9. The number of esters is 1. The summed E-state index contributed by atoms with van der Waals surface area (Å²) in [5, 5.41) is 0. The quantitative estimate of drug-likeness (QED) is 0.286. The fourth-order valence-electron chi connectivity index (χ4n) is 0.650. The molecule has 0 saturated heterocycles. The Hall–Kier alpha value is -1.38. The summed E-state index contributed by atoms with van der Waals surface area (Å²) in [5.41, 5.74) is 0.511. The summed E-state index contributed by atoms with van der Waals surface area (Å²) in [6.45, 7) is 3.42. The van der Waals surface area contributed by atoms with Crippen LogP contribution in [0.15, 0.2) is 23.8 Å². The van der Waals surface area contributed by atoms with Crippen molar-refractivity contribution in [2.75, 3.05) is 7.11 Å². The minimum Gasteiger partial charge on any atom is -0.466 e. The Labute approximate surface area is 78.1 Å². The summed E-state index contributed by atoms with van der Waals surface area (Å²) in [4.78, 5) is 21.1. The van der Waals surface area contributed by atoms with Gasteiger partial charge in [-0.2, -0.15) is 0 Å². The second kappa shape index (κ2) is 6.17. The fraction of sp³-hybridized carbons (Fsp3) is 0.400. The minimum absolute atomic E-state index is 0.123. The number of ether oxygens (including phenoxy) is 1. The molecule has 0 fully saturated rings. The van der Waals surface area contributed by atoms with Gasteiger partial charge in [0.1, 0.15) is 6.29 Å². The molecule has 0 aromatic rings. The van der Waals surface area contributed by atoms with Gasteiger partial charge in [-0.25, -0.2) is 4.79 Å². The lowest BCUT2D eigenvalue weighted by Gasteiger charge is -1.95. The molecule has 0 aromatic carbocycles. The highest BCUT2D eigenvalue weighted by atomic mass is 16.5. The van der Waals surface area contributed by atoms with Crippen molar-refractivity contribution in [1.29, 1.82) is 0 Å². The first-order valence-electron chi connectivity index (χ1n) is 4.00. The van der Waals surface area contributed by atoms with E-state index in [9.17, 15) is 9.59 Å². The van der Waals surface area contributed by atoms with E-state index in [1.165, 1.54) is 7.11 Å². The lowest BCUT2D eigenvalue weighted by molar-refractivity contribution is -0.136. The van der Waals surface area contributed by atoms with Crippen LogP contribution in [0, 0.1) is 5.92 Å². The van der Waals surface area contributed by atoms with Crippen molar-refractivity contribution in [2.24, 2.45) is 5.92 Å². The summed E-state index contributed by atoms with van der Waals surface area (Å²) in [7, 11) is 1.33. The lowest BCUT2D eigenvalue weighted by Crippen LogP contribution is -2.00. The number of carbonyl (C=O) groups excluding carboxylic acids is 2. The molecule has 0 radical (unpaired) electrons. The number of allylic oxidation sites excluding steroid dienone is 3. The van der Waals surface area contributed by atoms with Crippen LogP contribution in [0.25, 0.3) is 0 Å². The van der Waals surface area contributed by atoms with Gasteiger partial charge in [-0.3, -0.25) is 0 Å². The molecule has 0 aliphatic carbocycles. The maximum absolute atomic E-state index is 10.9. The zero-order valence-corrected chi connectivity index (χ0v) is 8.11. The van der Waals surface area contributed by atoms with E-state index >= 15 is 0 Å². The van der Waals surface area contributed by atoms with Gasteiger partial charge in [-0.05, 0) is 6.92 Å². The van der Waals surface area contributed by atoms with E-state index in [2.05, 4.69) is 4.74 Å². The highest BCUT2D eigenvalue weighted by Gasteiger charge is 1.99. The molecule has 0 aromatic heterocycles. The number of hydrogen-bond donors (Lipinski definition) is 0. The predicted octanol–water partition coefficient (Wildman–Crippen LogP) is 1.50. The second-order valence-corrected chi connectivity index (χ2v) is 2.72. The maximum Gasteiger partial charge on any atom is 0.333 e. The van der Waals surface area contributed by atoms with Gasteiger partial charge in [0.25, 0.3) is 0 Å². The monoisotopic (exact) mass is 182 g/mol. The first-order valence-corrected chi connectivity index (χ1v) is 4.00. The molecule has 0 aliphatic rings. The van der Waals surface area contributed by atoms with E-state index in [4.69, 9.17) is 0 Å². The van der Waals surface area contributed by atoms with Crippen molar-refractivity contribution >= 4 is 12.3 Å². The van der Waals surface area contributed by atoms with Crippen molar-refractivity contribution in [3.05, 3.63) is 23.8 Å². The van der Waals surface area contributed by atoms with Crippen LogP contribution in [-0.4, -0.2) is 19.4 Å². The largest absolute Gasteiger partial charge is 0.466 e. The van der Waals surface area contributed by atoms with Gasteiger partial charge in [0, 0.05) is 11.5 Å². The third kappa shape index (κ3) is 4.95. The van der Waals surface area contributed by atoms with Crippen LogP contribution >= 0.6 is 0 Å².